The van der Waals surface area contributed by atoms with Gasteiger partial charge in [-0.25, -0.2) is 4.39 Å². The fraction of sp³-hybridized carbons (Fsp3) is 0.438. The van der Waals surface area contributed by atoms with E-state index in [9.17, 15) is 9.18 Å². The zero-order valence-corrected chi connectivity index (χ0v) is 11.0. The number of carbonyl (C=O) groups excluding carboxylic acids is 1. The van der Waals surface area contributed by atoms with E-state index < -0.39 is 0 Å². The third-order valence-corrected chi connectivity index (χ3v) is 4.35. The topological polar surface area (TPSA) is 29.1 Å². The van der Waals surface area contributed by atoms with Crippen LogP contribution in [-0.2, 0) is 4.79 Å². The molecule has 0 aliphatic heterocycles. The Morgan fingerprint density at radius 2 is 2.11 bits per heavy atom. The van der Waals surface area contributed by atoms with Crippen LogP contribution in [0.1, 0.15) is 31.4 Å². The minimum absolute atomic E-state index is 0.0626. The number of benzene rings is 1. The van der Waals surface area contributed by atoms with Gasteiger partial charge >= 0.3 is 0 Å². The van der Waals surface area contributed by atoms with Crippen molar-refractivity contribution in [3.8, 4) is 0 Å². The molecule has 3 heteroatoms. The summed E-state index contributed by atoms with van der Waals surface area (Å²) in [5, 5.41) is 2.95. The fourth-order valence-corrected chi connectivity index (χ4v) is 3.31. The lowest BCUT2D eigenvalue weighted by Gasteiger charge is -2.21. The van der Waals surface area contributed by atoms with Gasteiger partial charge in [-0.1, -0.05) is 30.4 Å². The van der Waals surface area contributed by atoms with Gasteiger partial charge < -0.3 is 5.32 Å². The van der Waals surface area contributed by atoms with Gasteiger partial charge in [0, 0.05) is 11.5 Å². The van der Waals surface area contributed by atoms with E-state index in [1.165, 1.54) is 6.07 Å². The van der Waals surface area contributed by atoms with E-state index in [-0.39, 0.29) is 23.7 Å². The first-order valence-corrected chi connectivity index (χ1v) is 6.88. The number of allylic oxidation sites excluding steroid dienone is 2. The van der Waals surface area contributed by atoms with Crippen LogP contribution in [0.25, 0.3) is 0 Å². The van der Waals surface area contributed by atoms with Crippen LogP contribution in [0.5, 0.6) is 0 Å². The summed E-state index contributed by atoms with van der Waals surface area (Å²) in [6.07, 6.45) is 6.42. The van der Waals surface area contributed by atoms with Crippen molar-refractivity contribution in [1.82, 2.24) is 5.32 Å². The van der Waals surface area contributed by atoms with Crippen LogP contribution in [0.4, 0.5) is 4.39 Å². The maximum atomic E-state index is 13.7. The Morgan fingerprint density at radius 1 is 1.32 bits per heavy atom. The first kappa shape index (κ1) is 12.4. The highest BCUT2D eigenvalue weighted by Crippen LogP contribution is 2.43. The average Bonchev–Trinajstić information content (AvgIpc) is 3.01. The number of nitrogens with one attached hydrogen (secondary N) is 1. The average molecular weight is 259 g/mol. The lowest BCUT2D eigenvalue weighted by atomic mass is 9.92. The second kappa shape index (κ2) is 4.80. The molecular weight excluding hydrogens is 241 g/mol. The van der Waals surface area contributed by atoms with Crippen LogP contribution in [-0.4, -0.2) is 5.91 Å². The molecule has 1 amide bonds. The Kier molecular flexibility index (Phi) is 3.13. The molecule has 0 spiro atoms. The molecule has 0 saturated heterocycles. The van der Waals surface area contributed by atoms with Crippen molar-refractivity contribution < 1.29 is 9.18 Å². The lowest BCUT2D eigenvalue weighted by molar-refractivity contribution is -0.126. The predicted molar refractivity (Wildman–Crippen MR) is 71.8 cm³/mol. The monoisotopic (exact) mass is 259 g/mol. The normalized spacial score (nSPS) is 29.5. The van der Waals surface area contributed by atoms with E-state index >= 15 is 0 Å². The molecule has 4 atom stereocenters. The van der Waals surface area contributed by atoms with E-state index in [2.05, 4.69) is 17.5 Å². The summed E-state index contributed by atoms with van der Waals surface area (Å²) in [5.41, 5.74) is 0.551. The highest BCUT2D eigenvalue weighted by Gasteiger charge is 2.40. The Hall–Kier alpha value is -1.64. The summed E-state index contributed by atoms with van der Waals surface area (Å²) in [5.74, 6) is 0.835. The van der Waals surface area contributed by atoms with Gasteiger partial charge in [-0.05, 0) is 37.7 Å². The molecule has 100 valence electrons. The van der Waals surface area contributed by atoms with Gasteiger partial charge in [0.15, 0.2) is 0 Å². The molecule has 0 radical (unpaired) electrons. The maximum Gasteiger partial charge on any atom is 0.224 e. The van der Waals surface area contributed by atoms with Crippen LogP contribution >= 0.6 is 0 Å². The first-order valence-electron chi connectivity index (χ1n) is 6.88. The molecule has 1 aromatic rings. The zero-order chi connectivity index (χ0) is 13.4. The number of carbonyl (C=O) groups is 1. The highest BCUT2D eigenvalue weighted by atomic mass is 19.1. The molecule has 0 aromatic heterocycles. The predicted octanol–water partition coefficient (Wildman–Crippen LogP) is 3.22. The highest BCUT2D eigenvalue weighted by molar-refractivity contribution is 5.80. The third-order valence-electron chi connectivity index (χ3n) is 4.35. The molecule has 2 bridgehead atoms. The van der Waals surface area contributed by atoms with Crippen molar-refractivity contribution in [1.29, 1.82) is 0 Å². The van der Waals surface area contributed by atoms with Gasteiger partial charge in [0.2, 0.25) is 5.91 Å². The number of hydrogen-bond acceptors (Lipinski definition) is 1. The van der Waals surface area contributed by atoms with Crippen molar-refractivity contribution in [2.45, 2.75) is 25.8 Å². The van der Waals surface area contributed by atoms with Gasteiger partial charge in [-0.2, -0.15) is 0 Å². The first-order chi connectivity index (χ1) is 9.15. The smallest absolute Gasteiger partial charge is 0.224 e. The molecular formula is C16H18FNO. The van der Waals surface area contributed by atoms with E-state index in [1.807, 2.05) is 6.92 Å². The van der Waals surface area contributed by atoms with Crippen LogP contribution in [0, 0.1) is 23.6 Å². The van der Waals surface area contributed by atoms with Crippen molar-refractivity contribution in [2.75, 3.05) is 0 Å². The minimum atomic E-state index is -0.281. The van der Waals surface area contributed by atoms with Crippen LogP contribution in [0.3, 0.4) is 0 Å². The molecule has 2 nitrogen and oxygen atoms in total. The number of halogens is 1. The molecule has 2 aliphatic rings. The summed E-state index contributed by atoms with van der Waals surface area (Å²) < 4.78 is 13.7. The SMILES string of the molecule is CC(NC(=O)C1CC2C=CC1C2)c1ccccc1F. The Morgan fingerprint density at radius 3 is 2.74 bits per heavy atom. The molecule has 4 unspecified atom stereocenters. The number of hydrogen-bond donors (Lipinski definition) is 1. The largest absolute Gasteiger partial charge is 0.349 e. The molecule has 19 heavy (non-hydrogen) atoms. The minimum Gasteiger partial charge on any atom is -0.349 e. The molecule has 1 fully saturated rings. The molecule has 0 heterocycles. The quantitative estimate of drug-likeness (QED) is 0.830. The summed E-state index contributed by atoms with van der Waals surface area (Å²) in [6, 6.07) is 6.33. The number of fused-ring (bicyclic) bond motifs is 2. The van der Waals surface area contributed by atoms with E-state index in [4.69, 9.17) is 0 Å². The number of rotatable bonds is 3. The van der Waals surface area contributed by atoms with Gasteiger partial charge in [-0.3, -0.25) is 4.79 Å². The van der Waals surface area contributed by atoms with Gasteiger partial charge in [0.05, 0.1) is 6.04 Å². The number of amides is 1. The standard InChI is InChI=1S/C16H18FNO/c1-10(13-4-2-3-5-15(13)17)18-16(19)14-9-11-6-7-12(14)8-11/h2-7,10-12,14H,8-9H2,1H3,(H,18,19). The summed E-state index contributed by atoms with van der Waals surface area (Å²) in [7, 11) is 0. The molecule has 1 saturated carbocycles. The second-order valence-corrected chi connectivity index (χ2v) is 5.64. The van der Waals surface area contributed by atoms with Gasteiger partial charge in [0.1, 0.15) is 5.82 Å². The Bertz CT molecular complexity index is 525. The zero-order valence-electron chi connectivity index (χ0n) is 11.0. The van der Waals surface area contributed by atoms with E-state index in [1.54, 1.807) is 18.2 Å². The summed E-state index contributed by atoms with van der Waals surface area (Å²) in [6.45, 7) is 1.83. The Balaban J connectivity index is 1.67. The maximum absolute atomic E-state index is 13.7. The summed E-state index contributed by atoms with van der Waals surface area (Å²) >= 11 is 0. The van der Waals surface area contributed by atoms with Crippen LogP contribution in [0.15, 0.2) is 36.4 Å². The molecule has 3 rings (SSSR count). The Labute approximate surface area is 112 Å². The van der Waals surface area contributed by atoms with Crippen molar-refractivity contribution in [3.05, 3.63) is 47.8 Å². The third kappa shape index (κ3) is 2.29. The molecule has 1 N–H and O–H groups in total. The van der Waals surface area contributed by atoms with Gasteiger partial charge in [0.25, 0.3) is 0 Å². The summed E-state index contributed by atoms with van der Waals surface area (Å²) in [4.78, 5) is 12.3. The van der Waals surface area contributed by atoms with Crippen LogP contribution < -0.4 is 5.32 Å². The van der Waals surface area contributed by atoms with E-state index in [0.29, 0.717) is 17.4 Å². The van der Waals surface area contributed by atoms with Crippen molar-refractivity contribution in [3.63, 3.8) is 0 Å². The molecule has 2 aliphatic carbocycles. The fourth-order valence-electron chi connectivity index (χ4n) is 3.31. The van der Waals surface area contributed by atoms with Gasteiger partial charge in [-0.15, -0.1) is 0 Å². The van der Waals surface area contributed by atoms with Crippen LogP contribution in [0.2, 0.25) is 0 Å². The second-order valence-electron chi connectivity index (χ2n) is 5.64. The van der Waals surface area contributed by atoms with E-state index in [0.717, 1.165) is 12.8 Å². The van der Waals surface area contributed by atoms with Crippen molar-refractivity contribution in [2.24, 2.45) is 17.8 Å². The molecule has 1 aromatic carbocycles. The lowest BCUT2D eigenvalue weighted by Crippen LogP contribution is -2.34. The van der Waals surface area contributed by atoms with Crippen molar-refractivity contribution >= 4 is 5.91 Å².